The summed E-state index contributed by atoms with van der Waals surface area (Å²) in [5.41, 5.74) is 0.959. The van der Waals surface area contributed by atoms with Crippen LogP contribution in [0.2, 0.25) is 0 Å². The minimum Gasteiger partial charge on any atom is -0.379 e. The Balaban J connectivity index is 1.36. The topological polar surface area (TPSA) is 91.3 Å². The quantitative estimate of drug-likeness (QED) is 0.696. The van der Waals surface area contributed by atoms with Gasteiger partial charge in [-0.2, -0.15) is 8.42 Å². The number of rotatable bonds is 5. The van der Waals surface area contributed by atoms with Crippen LogP contribution in [0.3, 0.4) is 0 Å². The van der Waals surface area contributed by atoms with Crippen LogP contribution in [0.4, 0.5) is 5.69 Å². The van der Waals surface area contributed by atoms with E-state index in [1.165, 1.54) is 10.9 Å². The molecule has 176 valence electrons. The molecule has 1 amide bonds. The Kier molecular flexibility index (Phi) is 6.51. The highest BCUT2D eigenvalue weighted by molar-refractivity contribution is 7.90. The average Bonchev–Trinajstić information content (AvgIpc) is 3.25. The van der Waals surface area contributed by atoms with Crippen LogP contribution in [-0.2, 0) is 14.8 Å². The van der Waals surface area contributed by atoms with Gasteiger partial charge in [0.25, 0.3) is 15.9 Å². The summed E-state index contributed by atoms with van der Waals surface area (Å²) in [6, 6.07) is 9.09. The lowest BCUT2D eigenvalue weighted by Crippen LogP contribution is -2.43. The number of amides is 1. The van der Waals surface area contributed by atoms with E-state index in [-0.39, 0.29) is 16.8 Å². The van der Waals surface area contributed by atoms with E-state index >= 15 is 0 Å². The van der Waals surface area contributed by atoms with Crippen LogP contribution in [0, 0.1) is 0 Å². The van der Waals surface area contributed by atoms with Gasteiger partial charge in [0.05, 0.1) is 24.9 Å². The number of morpholine rings is 1. The summed E-state index contributed by atoms with van der Waals surface area (Å²) in [5, 5.41) is 5.06. The molecule has 2 aromatic rings. The summed E-state index contributed by atoms with van der Waals surface area (Å²) in [6.45, 7) is 4.17. The molecule has 1 atom stereocenters. The Bertz CT molecular complexity index is 1140. The molecular weight excluding hydrogens is 460 g/mol. The zero-order valence-corrected chi connectivity index (χ0v) is 20.0. The van der Waals surface area contributed by atoms with Gasteiger partial charge in [0.1, 0.15) is 10.7 Å². The predicted molar refractivity (Wildman–Crippen MR) is 129 cm³/mol. The third-order valence-corrected chi connectivity index (χ3v) is 8.73. The number of sulfonamides is 1. The number of amidine groups is 1. The minimum atomic E-state index is -3.82. The molecule has 10 heteroatoms. The lowest BCUT2D eigenvalue weighted by molar-refractivity contribution is 0.0169. The minimum absolute atomic E-state index is 0.0588. The highest BCUT2D eigenvalue weighted by atomic mass is 32.2. The number of fused-ring (bicyclic) bond motifs is 3. The van der Waals surface area contributed by atoms with Crippen molar-refractivity contribution in [2.24, 2.45) is 4.40 Å². The predicted octanol–water partition coefficient (Wildman–Crippen LogP) is 3.03. The van der Waals surface area contributed by atoms with Crippen molar-refractivity contribution in [2.75, 3.05) is 44.3 Å². The number of carbonyl (C=O) groups is 1. The van der Waals surface area contributed by atoms with Gasteiger partial charge in [-0.15, -0.1) is 15.7 Å². The Morgan fingerprint density at radius 1 is 1.15 bits per heavy atom. The Hall–Kier alpha value is -2.27. The fraction of sp³-hybridized carbons (Fsp3) is 0.478. The molecule has 8 nitrogen and oxygen atoms in total. The summed E-state index contributed by atoms with van der Waals surface area (Å²) in [5.74, 6) is 0.329. The zero-order chi connectivity index (χ0) is 22.8. The highest BCUT2D eigenvalue weighted by Gasteiger charge is 2.32. The number of carbonyl (C=O) groups excluding carboxylic acids is 1. The van der Waals surface area contributed by atoms with E-state index in [0.717, 1.165) is 38.9 Å². The fourth-order valence-corrected chi connectivity index (χ4v) is 6.84. The largest absolute Gasteiger partial charge is 0.379 e. The maximum absolute atomic E-state index is 13.0. The summed E-state index contributed by atoms with van der Waals surface area (Å²) < 4.78 is 35.3. The molecule has 2 fully saturated rings. The monoisotopic (exact) mass is 488 g/mol. The van der Waals surface area contributed by atoms with E-state index in [1.807, 2.05) is 16.3 Å². The van der Waals surface area contributed by atoms with Crippen LogP contribution in [-0.4, -0.2) is 64.5 Å². The maximum atomic E-state index is 13.0. The smallest absolute Gasteiger partial charge is 0.286 e. The summed E-state index contributed by atoms with van der Waals surface area (Å²) in [6.07, 6.45) is 3.65. The standard InChI is InChI=1S/C23H28N4O4S2/c28-23(24-16-19(20-5-4-14-32-20)26-10-12-31-13-11-26)17-7-8-18-21(15-17)33(29,30)25-22-6-2-1-3-9-27(18)22/h4-5,7-8,14-15,19H,1-3,6,9-13,16H2,(H,24,28)/t19-/m1/s1. The van der Waals surface area contributed by atoms with Gasteiger partial charge < -0.3 is 15.0 Å². The lowest BCUT2D eigenvalue weighted by Gasteiger charge is -2.34. The maximum Gasteiger partial charge on any atom is 0.286 e. The summed E-state index contributed by atoms with van der Waals surface area (Å²) in [7, 11) is -3.82. The number of nitrogens with one attached hydrogen (secondary N) is 1. The fourth-order valence-electron chi connectivity index (χ4n) is 4.69. The summed E-state index contributed by atoms with van der Waals surface area (Å²) in [4.78, 5) is 18.7. The number of hydrogen-bond donors (Lipinski definition) is 1. The number of benzene rings is 1. The molecule has 0 unspecified atom stereocenters. The van der Waals surface area contributed by atoms with Crippen molar-refractivity contribution in [3.05, 3.63) is 46.2 Å². The second-order valence-electron chi connectivity index (χ2n) is 8.52. The summed E-state index contributed by atoms with van der Waals surface area (Å²) >= 11 is 1.67. The van der Waals surface area contributed by atoms with Gasteiger partial charge in [0.15, 0.2) is 0 Å². The first kappa shape index (κ1) is 22.5. The third-order valence-electron chi connectivity index (χ3n) is 6.42. The molecule has 1 N–H and O–H groups in total. The van der Waals surface area contributed by atoms with Crippen LogP contribution in [0.1, 0.15) is 47.0 Å². The Morgan fingerprint density at radius 2 is 2.00 bits per heavy atom. The molecule has 3 aliphatic heterocycles. The van der Waals surface area contributed by atoms with Crippen LogP contribution in [0.15, 0.2) is 45.0 Å². The third kappa shape index (κ3) is 4.70. The molecule has 1 aromatic heterocycles. The van der Waals surface area contributed by atoms with Crippen molar-refractivity contribution in [1.29, 1.82) is 0 Å². The first-order chi connectivity index (χ1) is 16.0. The Morgan fingerprint density at radius 3 is 2.79 bits per heavy atom. The number of anilines is 1. The molecule has 0 spiro atoms. The lowest BCUT2D eigenvalue weighted by atomic mass is 10.1. The molecule has 0 radical (unpaired) electrons. The number of hydrogen-bond acceptors (Lipinski definition) is 7. The van der Waals surface area contributed by atoms with Crippen molar-refractivity contribution in [2.45, 2.75) is 36.6 Å². The van der Waals surface area contributed by atoms with Crippen molar-refractivity contribution >= 4 is 38.8 Å². The first-order valence-electron chi connectivity index (χ1n) is 11.4. The molecule has 2 saturated heterocycles. The van der Waals surface area contributed by atoms with Crippen molar-refractivity contribution in [3.8, 4) is 0 Å². The van der Waals surface area contributed by atoms with Crippen molar-refractivity contribution in [1.82, 2.24) is 10.2 Å². The van der Waals surface area contributed by atoms with E-state index in [2.05, 4.69) is 20.7 Å². The zero-order valence-electron chi connectivity index (χ0n) is 18.4. The second kappa shape index (κ2) is 9.54. The number of ether oxygens (including phenoxy) is 1. The first-order valence-corrected chi connectivity index (χ1v) is 13.7. The molecular formula is C23H28N4O4S2. The van der Waals surface area contributed by atoms with Crippen LogP contribution < -0.4 is 10.2 Å². The molecule has 4 heterocycles. The molecule has 3 aliphatic rings. The van der Waals surface area contributed by atoms with Crippen LogP contribution in [0.5, 0.6) is 0 Å². The van der Waals surface area contributed by atoms with E-state index in [9.17, 15) is 13.2 Å². The van der Waals surface area contributed by atoms with Gasteiger partial charge in [-0.25, -0.2) is 0 Å². The van der Waals surface area contributed by atoms with Crippen LogP contribution >= 0.6 is 11.3 Å². The van der Waals surface area contributed by atoms with Gasteiger partial charge in [-0.05, 0) is 42.5 Å². The van der Waals surface area contributed by atoms with E-state index in [0.29, 0.717) is 43.3 Å². The van der Waals surface area contributed by atoms with Crippen molar-refractivity contribution in [3.63, 3.8) is 0 Å². The molecule has 0 aliphatic carbocycles. The molecule has 1 aromatic carbocycles. The Labute approximate surface area is 198 Å². The van der Waals surface area contributed by atoms with Gasteiger partial charge in [-0.1, -0.05) is 12.5 Å². The molecule has 33 heavy (non-hydrogen) atoms. The van der Waals surface area contributed by atoms with Gasteiger partial charge in [0, 0.05) is 43.0 Å². The van der Waals surface area contributed by atoms with E-state index in [4.69, 9.17) is 4.74 Å². The highest BCUT2D eigenvalue weighted by Crippen LogP contribution is 2.35. The normalized spacial score (nSPS) is 21.3. The SMILES string of the molecule is O=C(NC[C@H](c1cccs1)N1CCOCC1)c1ccc2c(c1)S(=O)(=O)N=C1CCCCCN12. The van der Waals surface area contributed by atoms with E-state index in [1.54, 1.807) is 23.5 Å². The average molecular weight is 489 g/mol. The molecule has 0 bridgehead atoms. The number of nitrogens with zero attached hydrogens (tertiary/aromatic N) is 3. The molecule has 0 saturated carbocycles. The van der Waals surface area contributed by atoms with Gasteiger partial charge >= 0.3 is 0 Å². The number of thiophene rings is 1. The van der Waals surface area contributed by atoms with Crippen molar-refractivity contribution < 1.29 is 17.9 Å². The van der Waals surface area contributed by atoms with Crippen LogP contribution in [0.25, 0.3) is 0 Å². The van der Waals surface area contributed by atoms with Gasteiger partial charge in [0.2, 0.25) is 0 Å². The van der Waals surface area contributed by atoms with E-state index < -0.39 is 10.0 Å². The molecule has 5 rings (SSSR count). The second-order valence-corrected chi connectivity index (χ2v) is 11.1. The van der Waals surface area contributed by atoms with Gasteiger partial charge in [-0.3, -0.25) is 9.69 Å².